The van der Waals surface area contributed by atoms with Crippen LogP contribution in [0.3, 0.4) is 0 Å². The monoisotopic (exact) mass is 287 g/mol. The third kappa shape index (κ3) is 2.22. The van der Waals surface area contributed by atoms with Crippen LogP contribution in [-0.4, -0.2) is 24.5 Å². The zero-order valence-electron chi connectivity index (χ0n) is 8.68. The molecule has 0 saturated heterocycles. The Morgan fingerprint density at radius 3 is 2.50 bits per heavy atom. The minimum atomic E-state index is -3.96. The third-order valence-electron chi connectivity index (χ3n) is 2.33. The largest absolute Gasteiger partial charge is 0.478 e. The van der Waals surface area contributed by atoms with Crippen LogP contribution < -0.4 is 5.56 Å². The fourth-order valence-corrected chi connectivity index (χ4v) is 2.34. The van der Waals surface area contributed by atoms with E-state index in [9.17, 15) is 18.0 Å². The van der Waals surface area contributed by atoms with Crippen LogP contribution in [0.15, 0.2) is 34.0 Å². The Hall–Kier alpha value is -1.86. The van der Waals surface area contributed by atoms with Crippen LogP contribution in [0.5, 0.6) is 0 Å². The van der Waals surface area contributed by atoms with E-state index in [4.69, 9.17) is 15.8 Å². The van der Waals surface area contributed by atoms with Crippen molar-refractivity contribution >= 4 is 36.6 Å². The van der Waals surface area contributed by atoms with Gasteiger partial charge in [0, 0.05) is 27.7 Å². The number of H-pyrrole nitrogens is 1. The first kappa shape index (κ1) is 12.6. The summed E-state index contributed by atoms with van der Waals surface area (Å²) in [4.78, 5) is 24.4. The van der Waals surface area contributed by atoms with Crippen molar-refractivity contribution in [3.05, 3.63) is 40.2 Å². The topological polar surface area (TPSA) is 104 Å². The molecule has 1 aromatic heterocycles. The Labute approximate surface area is 105 Å². The first-order valence-electron chi connectivity index (χ1n) is 4.64. The van der Waals surface area contributed by atoms with E-state index in [0.717, 1.165) is 12.1 Å². The molecule has 94 valence electrons. The SMILES string of the molecule is O=C(O)c1cc(=O)[nH]c2ccc(S(=O)(=O)Cl)cc12. The fourth-order valence-electron chi connectivity index (χ4n) is 1.56. The number of nitrogens with one attached hydrogen (secondary N) is 1. The number of pyridine rings is 1. The lowest BCUT2D eigenvalue weighted by Gasteiger charge is -2.03. The van der Waals surface area contributed by atoms with Gasteiger partial charge in [-0.15, -0.1) is 0 Å². The first-order chi connectivity index (χ1) is 8.29. The molecule has 18 heavy (non-hydrogen) atoms. The summed E-state index contributed by atoms with van der Waals surface area (Å²) in [7, 11) is 1.22. The van der Waals surface area contributed by atoms with Crippen molar-refractivity contribution < 1.29 is 18.3 Å². The maximum absolute atomic E-state index is 11.2. The molecule has 0 spiro atoms. The zero-order chi connectivity index (χ0) is 13.5. The van der Waals surface area contributed by atoms with Crippen LogP contribution >= 0.6 is 10.7 Å². The maximum atomic E-state index is 11.2. The highest BCUT2D eigenvalue weighted by Gasteiger charge is 2.15. The van der Waals surface area contributed by atoms with Crippen molar-refractivity contribution in [2.45, 2.75) is 4.90 Å². The van der Waals surface area contributed by atoms with Gasteiger partial charge in [-0.05, 0) is 18.2 Å². The van der Waals surface area contributed by atoms with Crippen LogP contribution in [0, 0.1) is 0 Å². The average Bonchev–Trinajstić information content (AvgIpc) is 2.25. The molecule has 2 aromatic rings. The van der Waals surface area contributed by atoms with Crippen molar-refractivity contribution in [1.82, 2.24) is 4.98 Å². The third-order valence-corrected chi connectivity index (χ3v) is 3.68. The van der Waals surface area contributed by atoms with Crippen molar-refractivity contribution in [3.63, 3.8) is 0 Å². The number of aromatic amines is 1. The van der Waals surface area contributed by atoms with Gasteiger partial charge in [0.2, 0.25) is 5.56 Å². The molecule has 0 fully saturated rings. The molecule has 0 radical (unpaired) electrons. The van der Waals surface area contributed by atoms with Gasteiger partial charge >= 0.3 is 5.97 Å². The molecular formula is C10H6ClNO5S. The Balaban J connectivity index is 2.92. The Bertz CT molecular complexity index is 809. The first-order valence-corrected chi connectivity index (χ1v) is 6.95. The lowest BCUT2D eigenvalue weighted by molar-refractivity contribution is 0.0699. The number of aromatic carboxylic acids is 1. The molecule has 6 nitrogen and oxygen atoms in total. The molecule has 8 heteroatoms. The number of halogens is 1. The van der Waals surface area contributed by atoms with Gasteiger partial charge in [-0.1, -0.05) is 0 Å². The summed E-state index contributed by atoms with van der Waals surface area (Å²) < 4.78 is 22.3. The van der Waals surface area contributed by atoms with Gasteiger partial charge in [-0.25, -0.2) is 13.2 Å². The highest BCUT2D eigenvalue weighted by molar-refractivity contribution is 8.13. The van der Waals surface area contributed by atoms with Gasteiger partial charge in [0.15, 0.2) is 0 Å². The van der Waals surface area contributed by atoms with E-state index in [1.807, 2.05) is 0 Å². The number of fused-ring (bicyclic) bond motifs is 1. The number of hydrogen-bond donors (Lipinski definition) is 2. The second-order valence-corrected chi connectivity index (χ2v) is 6.06. The number of benzene rings is 1. The molecule has 0 aliphatic carbocycles. The summed E-state index contributed by atoms with van der Waals surface area (Å²) in [6, 6.07) is 4.47. The summed E-state index contributed by atoms with van der Waals surface area (Å²) in [5.41, 5.74) is -0.638. The molecule has 1 heterocycles. The number of carbonyl (C=O) groups is 1. The molecule has 1 aromatic carbocycles. The van der Waals surface area contributed by atoms with E-state index < -0.39 is 20.6 Å². The van der Waals surface area contributed by atoms with Gasteiger partial charge < -0.3 is 10.1 Å². The van der Waals surface area contributed by atoms with E-state index in [1.165, 1.54) is 12.1 Å². The van der Waals surface area contributed by atoms with Gasteiger partial charge in [0.05, 0.1) is 10.5 Å². The van der Waals surface area contributed by atoms with Crippen LogP contribution in [0.25, 0.3) is 10.9 Å². The predicted molar refractivity (Wildman–Crippen MR) is 64.6 cm³/mol. The molecule has 0 amide bonds. The van der Waals surface area contributed by atoms with Crippen molar-refractivity contribution in [3.8, 4) is 0 Å². The Morgan fingerprint density at radius 1 is 1.28 bits per heavy atom. The van der Waals surface area contributed by atoms with E-state index in [-0.39, 0.29) is 21.4 Å². The Kier molecular flexibility index (Phi) is 2.88. The smallest absolute Gasteiger partial charge is 0.336 e. The standard InChI is InChI=1S/C10H6ClNO5S/c11-18(16,17)5-1-2-8-6(3-5)7(10(14)15)4-9(13)12-8/h1-4H,(H,12,13)(H,14,15). The summed E-state index contributed by atoms with van der Waals surface area (Å²) in [6.07, 6.45) is 0. The Morgan fingerprint density at radius 2 is 1.94 bits per heavy atom. The number of aromatic nitrogens is 1. The fraction of sp³-hybridized carbons (Fsp3) is 0. The molecule has 0 bridgehead atoms. The molecule has 0 aliphatic heterocycles. The summed E-state index contributed by atoms with van der Waals surface area (Å²) in [5, 5.41) is 9.07. The summed E-state index contributed by atoms with van der Waals surface area (Å²) in [6.45, 7) is 0. The van der Waals surface area contributed by atoms with Gasteiger partial charge in [0.1, 0.15) is 0 Å². The molecule has 2 N–H and O–H groups in total. The average molecular weight is 288 g/mol. The highest BCUT2D eigenvalue weighted by atomic mass is 35.7. The van der Waals surface area contributed by atoms with Crippen molar-refractivity contribution in [1.29, 1.82) is 0 Å². The number of carboxylic acids is 1. The number of rotatable bonds is 2. The molecule has 2 rings (SSSR count). The van der Waals surface area contributed by atoms with E-state index in [2.05, 4.69) is 4.98 Å². The van der Waals surface area contributed by atoms with Crippen molar-refractivity contribution in [2.24, 2.45) is 0 Å². The van der Waals surface area contributed by atoms with Crippen LogP contribution in [0.2, 0.25) is 0 Å². The summed E-state index contributed by atoms with van der Waals surface area (Å²) >= 11 is 0. The van der Waals surface area contributed by atoms with Gasteiger partial charge in [0.25, 0.3) is 9.05 Å². The van der Waals surface area contributed by atoms with Gasteiger partial charge in [-0.2, -0.15) is 0 Å². The lowest BCUT2D eigenvalue weighted by atomic mass is 10.1. The molecular weight excluding hydrogens is 282 g/mol. The molecule has 0 aliphatic rings. The normalized spacial score (nSPS) is 11.6. The van der Waals surface area contributed by atoms with E-state index in [0.29, 0.717) is 0 Å². The lowest BCUT2D eigenvalue weighted by Crippen LogP contribution is -2.10. The zero-order valence-corrected chi connectivity index (χ0v) is 10.2. The van der Waals surface area contributed by atoms with Crippen molar-refractivity contribution in [2.75, 3.05) is 0 Å². The van der Waals surface area contributed by atoms with Crippen LogP contribution in [0.1, 0.15) is 10.4 Å². The number of carboxylic acid groups (broad SMARTS) is 1. The number of hydrogen-bond acceptors (Lipinski definition) is 4. The highest BCUT2D eigenvalue weighted by Crippen LogP contribution is 2.22. The van der Waals surface area contributed by atoms with E-state index in [1.54, 1.807) is 0 Å². The quantitative estimate of drug-likeness (QED) is 0.806. The minimum Gasteiger partial charge on any atom is -0.478 e. The molecule has 0 saturated carbocycles. The predicted octanol–water partition coefficient (Wildman–Crippen LogP) is 1.15. The van der Waals surface area contributed by atoms with E-state index >= 15 is 0 Å². The summed E-state index contributed by atoms with van der Waals surface area (Å²) in [5.74, 6) is -1.32. The van der Waals surface area contributed by atoms with Gasteiger partial charge in [-0.3, -0.25) is 4.79 Å². The van der Waals surface area contributed by atoms with Crippen LogP contribution in [-0.2, 0) is 9.05 Å². The minimum absolute atomic E-state index is 0.101. The van der Waals surface area contributed by atoms with Crippen LogP contribution in [0.4, 0.5) is 0 Å². The second kappa shape index (κ2) is 4.11. The molecule has 0 unspecified atom stereocenters. The maximum Gasteiger partial charge on any atom is 0.336 e. The molecule has 0 atom stereocenters. The second-order valence-electron chi connectivity index (χ2n) is 3.50.